The summed E-state index contributed by atoms with van der Waals surface area (Å²) in [5.41, 5.74) is 2.23. The molecule has 1 aliphatic carbocycles. The van der Waals surface area contributed by atoms with Crippen molar-refractivity contribution in [1.29, 1.82) is 0 Å². The number of benzene rings is 1. The number of rotatable bonds is 5. The van der Waals surface area contributed by atoms with Crippen LogP contribution in [0.5, 0.6) is 0 Å². The summed E-state index contributed by atoms with van der Waals surface area (Å²) in [7, 11) is 1.32. The molecule has 0 unspecified atom stereocenters. The van der Waals surface area contributed by atoms with Crippen LogP contribution in [0.25, 0.3) is 0 Å². The van der Waals surface area contributed by atoms with E-state index in [1.54, 1.807) is 36.5 Å². The lowest BCUT2D eigenvalue weighted by atomic mass is 10.2. The molecule has 6 heteroatoms. The highest BCUT2D eigenvalue weighted by atomic mass is 16.5. The van der Waals surface area contributed by atoms with Gasteiger partial charge in [0.05, 0.1) is 23.9 Å². The molecule has 0 saturated heterocycles. The molecule has 1 fully saturated rings. The van der Waals surface area contributed by atoms with Gasteiger partial charge in [0.2, 0.25) is 0 Å². The Labute approximate surface area is 146 Å². The van der Waals surface area contributed by atoms with Gasteiger partial charge in [-0.1, -0.05) is 18.9 Å². The van der Waals surface area contributed by atoms with E-state index < -0.39 is 5.97 Å². The van der Waals surface area contributed by atoms with Gasteiger partial charge < -0.3 is 15.4 Å². The minimum Gasteiger partial charge on any atom is -0.465 e. The lowest BCUT2D eigenvalue weighted by Gasteiger charge is -2.14. The van der Waals surface area contributed by atoms with E-state index in [2.05, 4.69) is 20.4 Å². The molecule has 1 saturated carbocycles. The van der Waals surface area contributed by atoms with Crippen molar-refractivity contribution >= 4 is 23.3 Å². The third-order valence-corrected chi connectivity index (χ3v) is 4.27. The van der Waals surface area contributed by atoms with Gasteiger partial charge in [-0.25, -0.2) is 4.79 Å². The van der Waals surface area contributed by atoms with Crippen molar-refractivity contribution < 1.29 is 14.3 Å². The molecule has 1 heterocycles. The van der Waals surface area contributed by atoms with Gasteiger partial charge in [-0.3, -0.25) is 9.78 Å². The second kappa shape index (κ2) is 7.79. The SMILES string of the molecule is COC(=O)c1cccc(NC(=O)c2cncc(NC3CCCC3)c2)c1. The fourth-order valence-electron chi connectivity index (χ4n) is 2.99. The number of carbonyl (C=O) groups is 2. The summed E-state index contributed by atoms with van der Waals surface area (Å²) in [6.45, 7) is 0. The lowest BCUT2D eigenvalue weighted by molar-refractivity contribution is 0.0600. The lowest BCUT2D eigenvalue weighted by Crippen LogP contribution is -2.16. The molecule has 1 aromatic heterocycles. The van der Waals surface area contributed by atoms with E-state index in [0.717, 1.165) is 18.5 Å². The van der Waals surface area contributed by atoms with Crippen LogP contribution in [0.15, 0.2) is 42.7 Å². The number of carbonyl (C=O) groups excluding carboxylic acids is 2. The number of aromatic nitrogens is 1. The van der Waals surface area contributed by atoms with Crippen LogP contribution in [0.3, 0.4) is 0 Å². The first-order valence-corrected chi connectivity index (χ1v) is 8.37. The fraction of sp³-hybridized carbons (Fsp3) is 0.316. The van der Waals surface area contributed by atoms with Crippen molar-refractivity contribution in [2.24, 2.45) is 0 Å². The molecule has 3 rings (SSSR count). The molecule has 6 nitrogen and oxygen atoms in total. The minimum atomic E-state index is -0.444. The Morgan fingerprint density at radius 2 is 1.84 bits per heavy atom. The largest absolute Gasteiger partial charge is 0.465 e. The molecule has 25 heavy (non-hydrogen) atoms. The number of methoxy groups -OCH3 is 1. The number of nitrogens with zero attached hydrogens (tertiary/aromatic N) is 1. The molecule has 0 spiro atoms. The zero-order valence-corrected chi connectivity index (χ0v) is 14.1. The van der Waals surface area contributed by atoms with Gasteiger partial charge in [0.1, 0.15) is 0 Å². The highest BCUT2D eigenvalue weighted by Crippen LogP contribution is 2.22. The Morgan fingerprint density at radius 1 is 1.08 bits per heavy atom. The number of amides is 1. The maximum atomic E-state index is 12.5. The number of anilines is 2. The highest BCUT2D eigenvalue weighted by molar-refractivity contribution is 6.05. The van der Waals surface area contributed by atoms with Crippen molar-refractivity contribution in [3.8, 4) is 0 Å². The Morgan fingerprint density at radius 3 is 2.60 bits per heavy atom. The van der Waals surface area contributed by atoms with E-state index in [0.29, 0.717) is 22.9 Å². The monoisotopic (exact) mass is 339 g/mol. The Kier molecular flexibility index (Phi) is 5.28. The number of nitrogens with one attached hydrogen (secondary N) is 2. The smallest absolute Gasteiger partial charge is 0.337 e. The molecule has 1 amide bonds. The van der Waals surface area contributed by atoms with E-state index in [-0.39, 0.29) is 5.91 Å². The van der Waals surface area contributed by atoms with Gasteiger partial charge >= 0.3 is 5.97 Å². The van der Waals surface area contributed by atoms with E-state index >= 15 is 0 Å². The minimum absolute atomic E-state index is 0.274. The second-order valence-electron chi connectivity index (χ2n) is 6.11. The number of hydrogen-bond acceptors (Lipinski definition) is 5. The first kappa shape index (κ1) is 17.0. The van der Waals surface area contributed by atoms with Crippen LogP contribution in [0, 0.1) is 0 Å². The summed E-state index contributed by atoms with van der Waals surface area (Å²) in [5.74, 6) is -0.717. The summed E-state index contributed by atoms with van der Waals surface area (Å²) >= 11 is 0. The Balaban J connectivity index is 1.69. The average molecular weight is 339 g/mol. The predicted octanol–water partition coefficient (Wildman–Crippen LogP) is 3.48. The summed E-state index contributed by atoms with van der Waals surface area (Å²) in [5, 5.41) is 6.21. The highest BCUT2D eigenvalue weighted by Gasteiger charge is 2.15. The van der Waals surface area contributed by atoms with Crippen LogP contribution in [0.4, 0.5) is 11.4 Å². The summed E-state index contributed by atoms with van der Waals surface area (Å²) < 4.78 is 4.69. The summed E-state index contributed by atoms with van der Waals surface area (Å²) in [6, 6.07) is 8.88. The van der Waals surface area contributed by atoms with Crippen LogP contribution in [0.2, 0.25) is 0 Å². The van der Waals surface area contributed by atoms with Crippen LogP contribution in [0.1, 0.15) is 46.4 Å². The second-order valence-corrected chi connectivity index (χ2v) is 6.11. The maximum absolute atomic E-state index is 12.5. The zero-order chi connectivity index (χ0) is 17.6. The molecule has 2 N–H and O–H groups in total. The van der Waals surface area contributed by atoms with Crippen LogP contribution >= 0.6 is 0 Å². The van der Waals surface area contributed by atoms with Crippen LogP contribution in [-0.2, 0) is 4.74 Å². The summed E-state index contributed by atoms with van der Waals surface area (Å²) in [4.78, 5) is 28.2. The van der Waals surface area contributed by atoms with Gasteiger partial charge in [-0.15, -0.1) is 0 Å². The first-order chi connectivity index (χ1) is 12.2. The van der Waals surface area contributed by atoms with Gasteiger partial charge in [-0.05, 0) is 37.1 Å². The van der Waals surface area contributed by atoms with E-state index in [4.69, 9.17) is 0 Å². The molecule has 130 valence electrons. The van der Waals surface area contributed by atoms with Gasteiger partial charge in [-0.2, -0.15) is 0 Å². The van der Waals surface area contributed by atoms with Crippen LogP contribution in [-0.4, -0.2) is 30.0 Å². The quantitative estimate of drug-likeness (QED) is 0.815. The molecule has 2 aromatic rings. The zero-order valence-electron chi connectivity index (χ0n) is 14.1. The summed E-state index contributed by atoms with van der Waals surface area (Å²) in [6.07, 6.45) is 8.03. The van der Waals surface area contributed by atoms with Gasteiger partial charge in [0.25, 0.3) is 5.91 Å². The molecule has 0 radical (unpaired) electrons. The molecule has 0 aliphatic heterocycles. The fourth-order valence-corrected chi connectivity index (χ4v) is 2.99. The molecule has 0 bridgehead atoms. The third-order valence-electron chi connectivity index (χ3n) is 4.27. The molecular formula is C19H21N3O3. The number of ether oxygens (including phenoxy) is 1. The third kappa shape index (κ3) is 4.35. The Bertz CT molecular complexity index is 770. The average Bonchev–Trinajstić information content (AvgIpc) is 3.14. The Hall–Kier alpha value is -2.89. The van der Waals surface area contributed by atoms with Crippen molar-refractivity contribution in [3.05, 3.63) is 53.9 Å². The van der Waals surface area contributed by atoms with E-state index in [1.165, 1.54) is 26.1 Å². The number of hydrogen-bond donors (Lipinski definition) is 2. The van der Waals surface area contributed by atoms with Gasteiger partial charge in [0.15, 0.2) is 0 Å². The normalized spacial score (nSPS) is 14.1. The van der Waals surface area contributed by atoms with Crippen molar-refractivity contribution in [2.75, 3.05) is 17.7 Å². The van der Waals surface area contributed by atoms with Crippen molar-refractivity contribution in [2.45, 2.75) is 31.7 Å². The molecule has 1 aliphatic rings. The number of esters is 1. The first-order valence-electron chi connectivity index (χ1n) is 8.37. The van der Waals surface area contributed by atoms with E-state index in [1.807, 2.05) is 0 Å². The van der Waals surface area contributed by atoms with Crippen molar-refractivity contribution in [3.63, 3.8) is 0 Å². The molecule has 0 atom stereocenters. The topological polar surface area (TPSA) is 80.3 Å². The number of pyridine rings is 1. The predicted molar refractivity (Wildman–Crippen MR) is 95.9 cm³/mol. The van der Waals surface area contributed by atoms with Crippen LogP contribution < -0.4 is 10.6 Å². The standard InChI is InChI=1S/C19H21N3O3/c1-25-19(24)13-5-4-8-16(9-13)22-18(23)14-10-17(12-20-11-14)21-15-6-2-3-7-15/h4-5,8-12,15,21H,2-3,6-7H2,1H3,(H,22,23). The maximum Gasteiger partial charge on any atom is 0.337 e. The van der Waals surface area contributed by atoms with Crippen molar-refractivity contribution in [1.82, 2.24) is 4.98 Å². The molecule has 1 aromatic carbocycles. The van der Waals surface area contributed by atoms with E-state index in [9.17, 15) is 9.59 Å². The van der Waals surface area contributed by atoms with Gasteiger partial charge in [0, 0.05) is 24.1 Å². The molecular weight excluding hydrogens is 318 g/mol.